The van der Waals surface area contributed by atoms with E-state index in [-0.39, 0.29) is 5.91 Å². The van der Waals surface area contributed by atoms with Gasteiger partial charge in [-0.2, -0.15) is 0 Å². The summed E-state index contributed by atoms with van der Waals surface area (Å²) >= 11 is 0. The lowest BCUT2D eigenvalue weighted by atomic mass is 9.94. The maximum atomic E-state index is 11.7. The predicted molar refractivity (Wildman–Crippen MR) is 77.8 cm³/mol. The van der Waals surface area contributed by atoms with Crippen molar-refractivity contribution in [3.8, 4) is 0 Å². The number of primary amides is 1. The number of nitrogens with one attached hydrogen (secondary N) is 1. The van der Waals surface area contributed by atoms with Crippen LogP contribution in [0.25, 0.3) is 0 Å². The zero-order valence-electron chi connectivity index (χ0n) is 12.6. The predicted octanol–water partition coefficient (Wildman–Crippen LogP) is 1.49. The molecule has 3 unspecified atom stereocenters. The molecule has 2 aliphatic rings. The summed E-state index contributed by atoms with van der Waals surface area (Å²) in [4.78, 5) is 14.2. The van der Waals surface area contributed by atoms with Gasteiger partial charge in [0.15, 0.2) is 0 Å². The van der Waals surface area contributed by atoms with Crippen LogP contribution in [0, 0.1) is 5.92 Å². The Morgan fingerprint density at radius 3 is 2.58 bits per heavy atom. The Bertz CT molecular complexity index is 329. The molecule has 1 aliphatic heterocycles. The Labute approximate surface area is 117 Å². The number of carbonyl (C=O) groups is 1. The molecule has 2 rings (SSSR count). The summed E-state index contributed by atoms with van der Waals surface area (Å²) in [6.07, 6.45) is 5.55. The van der Waals surface area contributed by atoms with E-state index in [2.05, 4.69) is 24.1 Å². The number of hydrogen-bond donors (Lipinski definition) is 2. The summed E-state index contributed by atoms with van der Waals surface area (Å²) < 4.78 is 0. The minimum atomic E-state index is -0.518. The van der Waals surface area contributed by atoms with E-state index in [0.717, 1.165) is 25.3 Å². The van der Waals surface area contributed by atoms with Crippen LogP contribution in [-0.4, -0.2) is 41.5 Å². The van der Waals surface area contributed by atoms with Crippen molar-refractivity contribution in [2.75, 3.05) is 13.1 Å². The molecule has 2 fully saturated rings. The van der Waals surface area contributed by atoms with Gasteiger partial charge in [0.25, 0.3) is 0 Å². The average Bonchev–Trinajstić information content (AvgIpc) is 3.05. The highest BCUT2D eigenvalue weighted by molar-refractivity contribution is 5.84. The molecule has 1 heterocycles. The van der Waals surface area contributed by atoms with Crippen molar-refractivity contribution in [2.24, 2.45) is 11.7 Å². The fourth-order valence-electron chi connectivity index (χ4n) is 3.28. The molecule has 3 N–H and O–H groups in total. The van der Waals surface area contributed by atoms with E-state index in [4.69, 9.17) is 5.73 Å². The van der Waals surface area contributed by atoms with Gasteiger partial charge in [-0.1, -0.05) is 6.92 Å². The zero-order valence-corrected chi connectivity index (χ0v) is 12.6. The third-order valence-electron chi connectivity index (χ3n) is 4.68. The second-order valence-corrected chi connectivity index (χ2v) is 6.90. The minimum Gasteiger partial charge on any atom is -0.368 e. The highest BCUT2D eigenvalue weighted by Gasteiger charge is 2.36. The molecule has 1 saturated heterocycles. The fraction of sp³-hybridized carbons (Fsp3) is 0.933. The number of rotatable bonds is 7. The van der Waals surface area contributed by atoms with Crippen molar-refractivity contribution < 1.29 is 4.79 Å². The first-order chi connectivity index (χ1) is 8.90. The van der Waals surface area contributed by atoms with Gasteiger partial charge in [0.1, 0.15) is 0 Å². The van der Waals surface area contributed by atoms with Crippen LogP contribution in [0.4, 0.5) is 0 Å². The van der Waals surface area contributed by atoms with Crippen LogP contribution < -0.4 is 11.1 Å². The lowest BCUT2D eigenvalue weighted by molar-refractivity contribution is -0.124. The third-order valence-corrected chi connectivity index (χ3v) is 4.68. The van der Waals surface area contributed by atoms with Gasteiger partial charge in [-0.3, -0.25) is 4.79 Å². The standard InChI is InChI=1S/C15H29N3O/c1-11-9-12(2)18(10-11)8-4-7-15(3,14(16)19)17-13-5-6-13/h11-13,17H,4-10H2,1-3H3,(H2,16,19). The molecule has 4 nitrogen and oxygen atoms in total. The van der Waals surface area contributed by atoms with Crippen LogP contribution in [0.1, 0.15) is 52.9 Å². The Kier molecular flexibility index (Phi) is 4.51. The van der Waals surface area contributed by atoms with Gasteiger partial charge in [0.2, 0.25) is 5.91 Å². The first-order valence-electron chi connectivity index (χ1n) is 7.72. The summed E-state index contributed by atoms with van der Waals surface area (Å²) in [6.45, 7) is 8.87. The van der Waals surface area contributed by atoms with Crippen molar-refractivity contribution in [3.05, 3.63) is 0 Å². The number of hydrogen-bond acceptors (Lipinski definition) is 3. The van der Waals surface area contributed by atoms with Gasteiger partial charge in [0.05, 0.1) is 5.54 Å². The zero-order chi connectivity index (χ0) is 14.0. The SMILES string of the molecule is CC1CC(C)N(CCCC(C)(NC2CC2)C(N)=O)C1. The topological polar surface area (TPSA) is 58.4 Å². The van der Waals surface area contributed by atoms with Crippen molar-refractivity contribution in [1.29, 1.82) is 0 Å². The summed E-state index contributed by atoms with van der Waals surface area (Å²) in [5.74, 6) is 0.601. The van der Waals surface area contributed by atoms with Crippen LogP contribution in [0.2, 0.25) is 0 Å². The van der Waals surface area contributed by atoms with Gasteiger partial charge >= 0.3 is 0 Å². The molecular weight excluding hydrogens is 238 g/mol. The van der Waals surface area contributed by atoms with Crippen LogP contribution >= 0.6 is 0 Å². The van der Waals surface area contributed by atoms with E-state index < -0.39 is 5.54 Å². The fourth-order valence-corrected chi connectivity index (χ4v) is 3.28. The Balaban J connectivity index is 1.77. The number of nitrogens with zero attached hydrogens (tertiary/aromatic N) is 1. The minimum absolute atomic E-state index is 0.206. The lowest BCUT2D eigenvalue weighted by Crippen LogP contribution is -2.54. The molecule has 0 bridgehead atoms. The number of nitrogens with two attached hydrogens (primary N) is 1. The monoisotopic (exact) mass is 267 g/mol. The summed E-state index contributed by atoms with van der Waals surface area (Å²) in [5, 5.41) is 3.42. The first kappa shape index (κ1) is 14.8. The second kappa shape index (κ2) is 5.80. The van der Waals surface area contributed by atoms with E-state index in [1.165, 1.54) is 25.8 Å². The van der Waals surface area contributed by atoms with Crippen molar-refractivity contribution in [2.45, 2.75) is 70.5 Å². The third kappa shape index (κ3) is 3.93. The molecule has 0 aromatic carbocycles. The molecule has 0 aromatic rings. The van der Waals surface area contributed by atoms with Gasteiger partial charge in [-0.05, 0) is 58.4 Å². The number of carbonyl (C=O) groups excluding carboxylic acids is 1. The quantitative estimate of drug-likeness (QED) is 0.735. The van der Waals surface area contributed by atoms with Gasteiger partial charge in [-0.25, -0.2) is 0 Å². The number of likely N-dealkylation sites (tertiary alicyclic amines) is 1. The molecule has 0 radical (unpaired) electrons. The number of amides is 1. The molecule has 1 amide bonds. The molecule has 0 spiro atoms. The smallest absolute Gasteiger partial charge is 0.237 e. The van der Waals surface area contributed by atoms with Crippen molar-refractivity contribution >= 4 is 5.91 Å². The molecule has 4 heteroatoms. The van der Waals surface area contributed by atoms with Gasteiger partial charge in [0, 0.05) is 18.6 Å². The van der Waals surface area contributed by atoms with Crippen LogP contribution in [0.5, 0.6) is 0 Å². The van der Waals surface area contributed by atoms with E-state index in [0.29, 0.717) is 12.1 Å². The first-order valence-corrected chi connectivity index (χ1v) is 7.72. The van der Waals surface area contributed by atoms with E-state index >= 15 is 0 Å². The summed E-state index contributed by atoms with van der Waals surface area (Å²) in [7, 11) is 0. The molecule has 19 heavy (non-hydrogen) atoms. The largest absolute Gasteiger partial charge is 0.368 e. The van der Waals surface area contributed by atoms with E-state index in [9.17, 15) is 4.79 Å². The van der Waals surface area contributed by atoms with Crippen molar-refractivity contribution in [1.82, 2.24) is 10.2 Å². The Morgan fingerprint density at radius 2 is 2.11 bits per heavy atom. The molecule has 1 saturated carbocycles. The van der Waals surface area contributed by atoms with Crippen LogP contribution in [-0.2, 0) is 4.79 Å². The normalized spacial score (nSPS) is 31.3. The van der Waals surface area contributed by atoms with Crippen LogP contribution in [0.15, 0.2) is 0 Å². The maximum absolute atomic E-state index is 11.7. The molecular formula is C15H29N3O. The van der Waals surface area contributed by atoms with E-state index in [1.54, 1.807) is 0 Å². The van der Waals surface area contributed by atoms with Gasteiger partial charge in [-0.15, -0.1) is 0 Å². The highest BCUT2D eigenvalue weighted by atomic mass is 16.1. The van der Waals surface area contributed by atoms with E-state index in [1.807, 2.05) is 6.92 Å². The molecule has 3 atom stereocenters. The highest BCUT2D eigenvalue weighted by Crippen LogP contribution is 2.26. The summed E-state index contributed by atoms with van der Waals surface area (Å²) in [5.41, 5.74) is 5.06. The molecule has 0 aromatic heterocycles. The van der Waals surface area contributed by atoms with Crippen LogP contribution in [0.3, 0.4) is 0 Å². The second-order valence-electron chi connectivity index (χ2n) is 6.90. The molecule has 110 valence electrons. The van der Waals surface area contributed by atoms with Crippen molar-refractivity contribution in [3.63, 3.8) is 0 Å². The Morgan fingerprint density at radius 1 is 1.42 bits per heavy atom. The van der Waals surface area contributed by atoms with Gasteiger partial charge < -0.3 is 16.0 Å². The maximum Gasteiger partial charge on any atom is 0.237 e. The average molecular weight is 267 g/mol. The lowest BCUT2D eigenvalue weighted by Gasteiger charge is -2.29. The molecule has 1 aliphatic carbocycles. The summed E-state index contributed by atoms with van der Waals surface area (Å²) in [6, 6.07) is 1.20. The Hall–Kier alpha value is -0.610.